The van der Waals surface area contributed by atoms with Gasteiger partial charge in [-0.15, -0.1) is 0 Å². The highest BCUT2D eigenvalue weighted by atomic mass is 16.1. The van der Waals surface area contributed by atoms with Gasteiger partial charge < -0.3 is 0 Å². The molecule has 4 fully saturated rings. The predicted octanol–water partition coefficient (Wildman–Crippen LogP) is 6.01. The van der Waals surface area contributed by atoms with E-state index in [4.69, 9.17) is 0 Å². The fourth-order valence-corrected chi connectivity index (χ4v) is 7.98. The Labute approximate surface area is 143 Å². The standard InChI is InChI=1S/C22H36O/c1-4-5-15-7-9-19-18-8-6-16-14-17(23)10-12-22(16,3)20(18)11-13-21(15,19)2/h15-16,18-20H,4-14H2,1-3H3/t15?,16?,18?,19?,20?,21-,22?/m1/s1. The average molecular weight is 317 g/mol. The molecule has 0 heterocycles. The van der Waals surface area contributed by atoms with Gasteiger partial charge in [0.15, 0.2) is 0 Å². The summed E-state index contributed by atoms with van der Waals surface area (Å²) in [6, 6.07) is 0. The van der Waals surface area contributed by atoms with E-state index in [-0.39, 0.29) is 0 Å². The van der Waals surface area contributed by atoms with Crippen LogP contribution in [0.2, 0.25) is 0 Å². The summed E-state index contributed by atoms with van der Waals surface area (Å²) in [5.41, 5.74) is 1.13. The zero-order chi connectivity index (χ0) is 16.2. The highest BCUT2D eigenvalue weighted by Crippen LogP contribution is 2.67. The molecule has 0 amide bonds. The molecule has 0 saturated heterocycles. The summed E-state index contributed by atoms with van der Waals surface area (Å²) in [5, 5.41) is 0. The molecule has 0 aromatic carbocycles. The molecule has 4 rings (SSSR count). The van der Waals surface area contributed by atoms with Gasteiger partial charge in [-0.25, -0.2) is 0 Å². The first-order valence-electron chi connectivity index (χ1n) is 10.5. The van der Waals surface area contributed by atoms with Crippen molar-refractivity contribution in [2.24, 2.45) is 40.4 Å². The largest absolute Gasteiger partial charge is 0.300 e. The molecule has 1 heteroatoms. The van der Waals surface area contributed by atoms with Gasteiger partial charge in [0.05, 0.1) is 0 Å². The zero-order valence-corrected chi connectivity index (χ0v) is 15.6. The number of hydrogen-bond donors (Lipinski definition) is 0. The summed E-state index contributed by atoms with van der Waals surface area (Å²) < 4.78 is 0. The van der Waals surface area contributed by atoms with Crippen molar-refractivity contribution in [2.45, 2.75) is 91.4 Å². The third kappa shape index (κ3) is 2.28. The minimum Gasteiger partial charge on any atom is -0.300 e. The van der Waals surface area contributed by atoms with Crippen molar-refractivity contribution in [3.63, 3.8) is 0 Å². The maximum atomic E-state index is 12.0. The Morgan fingerprint density at radius 2 is 1.74 bits per heavy atom. The van der Waals surface area contributed by atoms with E-state index in [1.807, 2.05) is 0 Å². The molecule has 4 aliphatic rings. The van der Waals surface area contributed by atoms with Crippen LogP contribution in [-0.4, -0.2) is 5.78 Å². The lowest BCUT2D eigenvalue weighted by Gasteiger charge is -2.60. The molecule has 0 aromatic rings. The molecule has 0 bridgehead atoms. The molecule has 6 unspecified atom stereocenters. The first kappa shape index (κ1) is 16.2. The summed E-state index contributed by atoms with van der Waals surface area (Å²) in [7, 11) is 0. The van der Waals surface area contributed by atoms with Crippen molar-refractivity contribution < 1.29 is 4.79 Å². The van der Waals surface area contributed by atoms with Gasteiger partial charge in [-0.2, -0.15) is 0 Å². The average Bonchev–Trinajstić information content (AvgIpc) is 2.85. The first-order valence-corrected chi connectivity index (χ1v) is 10.5. The second-order valence-electron chi connectivity index (χ2n) is 10.0. The number of hydrogen-bond acceptors (Lipinski definition) is 1. The lowest BCUT2D eigenvalue weighted by Crippen LogP contribution is -2.53. The lowest BCUT2D eigenvalue weighted by molar-refractivity contribution is -0.139. The molecule has 0 aromatic heterocycles. The van der Waals surface area contributed by atoms with Crippen LogP contribution in [0.5, 0.6) is 0 Å². The Kier molecular flexibility index (Phi) is 3.93. The minimum atomic E-state index is 0.487. The van der Waals surface area contributed by atoms with Gasteiger partial charge in [-0.3, -0.25) is 4.79 Å². The maximum absolute atomic E-state index is 12.0. The molecule has 0 aliphatic heterocycles. The van der Waals surface area contributed by atoms with E-state index in [1.54, 1.807) is 0 Å². The van der Waals surface area contributed by atoms with Gasteiger partial charge in [-0.1, -0.05) is 33.6 Å². The van der Waals surface area contributed by atoms with Crippen LogP contribution in [0.15, 0.2) is 0 Å². The smallest absolute Gasteiger partial charge is 0.133 e. The molecule has 0 radical (unpaired) electrons. The summed E-state index contributed by atoms with van der Waals surface area (Å²) in [6.45, 7) is 7.59. The van der Waals surface area contributed by atoms with Gasteiger partial charge >= 0.3 is 0 Å². The number of rotatable bonds is 2. The van der Waals surface area contributed by atoms with Gasteiger partial charge in [0, 0.05) is 12.8 Å². The SMILES string of the molecule is CCCC1CCC2C3CCC4CC(=O)CCC4(C)C3CC[C@]12C. The number of Topliss-reactive ketones (excluding diaryl/α,β-unsaturated/α-hetero) is 1. The van der Waals surface area contributed by atoms with E-state index in [0.717, 1.165) is 36.5 Å². The monoisotopic (exact) mass is 316 g/mol. The summed E-state index contributed by atoms with van der Waals surface area (Å²) in [4.78, 5) is 12.0. The Morgan fingerprint density at radius 3 is 2.52 bits per heavy atom. The van der Waals surface area contributed by atoms with Crippen molar-refractivity contribution in [1.29, 1.82) is 0 Å². The van der Waals surface area contributed by atoms with E-state index in [9.17, 15) is 4.79 Å². The van der Waals surface area contributed by atoms with E-state index in [0.29, 0.717) is 22.5 Å². The topological polar surface area (TPSA) is 17.1 Å². The Balaban J connectivity index is 1.59. The van der Waals surface area contributed by atoms with E-state index in [1.165, 1.54) is 57.8 Å². The number of ketones is 1. The number of fused-ring (bicyclic) bond motifs is 5. The van der Waals surface area contributed by atoms with Crippen LogP contribution in [0, 0.1) is 40.4 Å². The van der Waals surface area contributed by atoms with Crippen LogP contribution >= 0.6 is 0 Å². The summed E-state index contributed by atoms with van der Waals surface area (Å²) in [5.74, 6) is 5.15. The Morgan fingerprint density at radius 1 is 0.957 bits per heavy atom. The zero-order valence-electron chi connectivity index (χ0n) is 15.6. The van der Waals surface area contributed by atoms with Crippen molar-refractivity contribution in [1.82, 2.24) is 0 Å². The Bertz CT molecular complexity index is 482. The van der Waals surface area contributed by atoms with Gasteiger partial charge in [0.2, 0.25) is 0 Å². The minimum absolute atomic E-state index is 0.487. The van der Waals surface area contributed by atoms with E-state index in [2.05, 4.69) is 20.8 Å². The van der Waals surface area contributed by atoms with Crippen molar-refractivity contribution >= 4 is 5.78 Å². The van der Waals surface area contributed by atoms with E-state index < -0.39 is 0 Å². The van der Waals surface area contributed by atoms with Crippen LogP contribution < -0.4 is 0 Å². The lowest BCUT2D eigenvalue weighted by atomic mass is 9.44. The second-order valence-corrected chi connectivity index (χ2v) is 10.0. The highest BCUT2D eigenvalue weighted by Gasteiger charge is 2.59. The molecular weight excluding hydrogens is 280 g/mol. The van der Waals surface area contributed by atoms with Crippen LogP contribution in [0.25, 0.3) is 0 Å². The fraction of sp³-hybridized carbons (Fsp3) is 0.955. The number of carbonyl (C=O) groups excluding carboxylic acids is 1. The van der Waals surface area contributed by atoms with E-state index >= 15 is 0 Å². The highest BCUT2D eigenvalue weighted by molar-refractivity contribution is 5.79. The quantitative estimate of drug-likeness (QED) is 0.609. The van der Waals surface area contributed by atoms with Crippen LogP contribution in [0.3, 0.4) is 0 Å². The third-order valence-electron chi connectivity index (χ3n) is 9.32. The van der Waals surface area contributed by atoms with Crippen LogP contribution in [0.1, 0.15) is 91.4 Å². The fourth-order valence-electron chi connectivity index (χ4n) is 7.98. The number of carbonyl (C=O) groups is 1. The van der Waals surface area contributed by atoms with Crippen molar-refractivity contribution in [2.75, 3.05) is 0 Å². The van der Waals surface area contributed by atoms with Crippen molar-refractivity contribution in [3.05, 3.63) is 0 Å². The molecule has 7 atom stereocenters. The molecule has 1 nitrogen and oxygen atoms in total. The summed E-state index contributed by atoms with van der Waals surface area (Å²) >= 11 is 0. The third-order valence-corrected chi connectivity index (χ3v) is 9.32. The molecule has 0 N–H and O–H groups in total. The van der Waals surface area contributed by atoms with Gasteiger partial charge in [0.1, 0.15) is 5.78 Å². The predicted molar refractivity (Wildman–Crippen MR) is 95.1 cm³/mol. The normalized spacial score (nSPS) is 52.7. The second kappa shape index (κ2) is 5.60. The molecule has 4 saturated carbocycles. The summed E-state index contributed by atoms with van der Waals surface area (Å²) in [6.07, 6.45) is 14.5. The first-order chi connectivity index (χ1) is 11.0. The van der Waals surface area contributed by atoms with Crippen LogP contribution in [0.4, 0.5) is 0 Å². The van der Waals surface area contributed by atoms with Crippen molar-refractivity contribution in [3.8, 4) is 0 Å². The molecule has 23 heavy (non-hydrogen) atoms. The molecule has 0 spiro atoms. The molecular formula is C22H36O. The van der Waals surface area contributed by atoms with Gasteiger partial charge in [-0.05, 0) is 85.4 Å². The molecule has 130 valence electrons. The molecule has 4 aliphatic carbocycles. The van der Waals surface area contributed by atoms with Crippen LogP contribution in [-0.2, 0) is 4.79 Å². The van der Waals surface area contributed by atoms with Gasteiger partial charge in [0.25, 0.3) is 0 Å². The Hall–Kier alpha value is -0.330. The maximum Gasteiger partial charge on any atom is 0.133 e.